The number of carbonyl (C=O) groups is 1. The maximum Gasteiger partial charge on any atom is 0.196 e. The Kier molecular flexibility index (Phi) is 2.93. The van der Waals surface area contributed by atoms with Crippen molar-refractivity contribution in [3.8, 4) is 6.07 Å². The van der Waals surface area contributed by atoms with Gasteiger partial charge in [0.1, 0.15) is 0 Å². The average Bonchev–Trinajstić information content (AvgIpc) is 2.78. The van der Waals surface area contributed by atoms with E-state index in [1.165, 1.54) is 6.92 Å². The Morgan fingerprint density at radius 1 is 1.62 bits per heavy atom. The van der Waals surface area contributed by atoms with Gasteiger partial charge in [-0.25, -0.2) is 0 Å². The normalized spacial score (nSPS) is 20.5. The van der Waals surface area contributed by atoms with Gasteiger partial charge in [-0.1, -0.05) is 0 Å². The first-order chi connectivity index (χ1) is 7.70. The molecule has 0 radical (unpaired) electrons. The van der Waals surface area contributed by atoms with Crippen LogP contribution in [0.4, 0.5) is 5.88 Å². The average molecular weight is 220 g/mol. The second kappa shape index (κ2) is 4.37. The molecule has 1 unspecified atom stereocenters. The van der Waals surface area contributed by atoms with Crippen molar-refractivity contribution in [2.24, 2.45) is 0 Å². The van der Waals surface area contributed by atoms with Crippen molar-refractivity contribution in [1.82, 2.24) is 0 Å². The van der Waals surface area contributed by atoms with E-state index in [4.69, 9.17) is 14.4 Å². The van der Waals surface area contributed by atoms with Crippen molar-refractivity contribution < 1.29 is 13.9 Å². The fourth-order valence-electron chi connectivity index (χ4n) is 1.61. The van der Waals surface area contributed by atoms with Gasteiger partial charge in [0.2, 0.25) is 0 Å². The first-order valence-electron chi connectivity index (χ1n) is 5.07. The Hall–Kier alpha value is -1.80. The van der Waals surface area contributed by atoms with Crippen LogP contribution in [0.5, 0.6) is 0 Å². The smallest absolute Gasteiger partial charge is 0.196 e. The maximum absolute atomic E-state index is 11.1. The lowest BCUT2D eigenvalue weighted by atomic mass is 10.3. The van der Waals surface area contributed by atoms with Crippen LogP contribution in [0.25, 0.3) is 0 Å². The van der Waals surface area contributed by atoms with Crippen molar-refractivity contribution in [1.29, 1.82) is 5.26 Å². The highest BCUT2D eigenvalue weighted by molar-refractivity contribution is 5.91. The molecule has 1 saturated heterocycles. The van der Waals surface area contributed by atoms with Crippen molar-refractivity contribution in [3.63, 3.8) is 0 Å². The predicted octanol–water partition coefficient (Wildman–Crippen LogP) is 1.21. The number of Topliss-reactive ketones (excluding diaryl/α,β-unsaturated/α-hetero) is 1. The van der Waals surface area contributed by atoms with Crippen molar-refractivity contribution >= 4 is 11.7 Å². The fraction of sp³-hybridized carbons (Fsp3) is 0.455. The third-order valence-corrected chi connectivity index (χ3v) is 2.46. The SMILES string of the molecule is CC(=O)c1ccc(N2CCOC(C#N)C2)o1. The molecule has 0 bridgehead atoms. The van der Waals surface area contributed by atoms with Crippen LogP contribution in [0.3, 0.4) is 0 Å². The molecule has 0 spiro atoms. The first-order valence-corrected chi connectivity index (χ1v) is 5.07. The third-order valence-electron chi connectivity index (χ3n) is 2.46. The molecule has 1 atom stereocenters. The molecule has 16 heavy (non-hydrogen) atoms. The van der Waals surface area contributed by atoms with Gasteiger partial charge in [0, 0.05) is 19.5 Å². The summed E-state index contributed by atoms with van der Waals surface area (Å²) in [4.78, 5) is 13.0. The minimum Gasteiger partial charge on any atom is -0.437 e. The minimum absolute atomic E-state index is 0.101. The number of furan rings is 1. The van der Waals surface area contributed by atoms with Gasteiger partial charge in [-0.2, -0.15) is 5.26 Å². The Morgan fingerprint density at radius 2 is 2.44 bits per heavy atom. The zero-order valence-corrected chi connectivity index (χ0v) is 8.97. The summed E-state index contributed by atoms with van der Waals surface area (Å²) in [5, 5.41) is 8.76. The molecule has 1 aromatic heterocycles. The molecule has 0 N–H and O–H groups in total. The van der Waals surface area contributed by atoms with Gasteiger partial charge >= 0.3 is 0 Å². The van der Waals surface area contributed by atoms with Crippen LogP contribution < -0.4 is 4.90 Å². The summed E-state index contributed by atoms with van der Waals surface area (Å²) in [6.07, 6.45) is -0.431. The molecular formula is C11H12N2O3. The van der Waals surface area contributed by atoms with Crippen LogP contribution in [0, 0.1) is 11.3 Å². The van der Waals surface area contributed by atoms with E-state index in [1.807, 2.05) is 4.90 Å². The summed E-state index contributed by atoms with van der Waals surface area (Å²) >= 11 is 0. The summed E-state index contributed by atoms with van der Waals surface area (Å²) in [6.45, 7) is 3.10. The summed E-state index contributed by atoms with van der Waals surface area (Å²) in [5.41, 5.74) is 0. The summed E-state index contributed by atoms with van der Waals surface area (Å²) in [7, 11) is 0. The largest absolute Gasteiger partial charge is 0.437 e. The second-order valence-electron chi connectivity index (χ2n) is 3.63. The highest BCUT2D eigenvalue weighted by Gasteiger charge is 2.22. The van der Waals surface area contributed by atoms with E-state index in [9.17, 15) is 4.79 Å². The van der Waals surface area contributed by atoms with Crippen LogP contribution in [0.2, 0.25) is 0 Å². The van der Waals surface area contributed by atoms with Gasteiger partial charge in [0.05, 0.1) is 19.2 Å². The third kappa shape index (κ3) is 2.07. The Balaban J connectivity index is 2.11. The molecule has 0 amide bonds. The number of hydrogen-bond donors (Lipinski definition) is 0. The number of morpholine rings is 1. The molecule has 0 aliphatic carbocycles. The van der Waals surface area contributed by atoms with E-state index in [0.29, 0.717) is 31.3 Å². The van der Waals surface area contributed by atoms with Gasteiger partial charge in [-0.3, -0.25) is 4.79 Å². The fourth-order valence-corrected chi connectivity index (χ4v) is 1.61. The number of nitriles is 1. The van der Waals surface area contributed by atoms with Crippen LogP contribution in [0.15, 0.2) is 16.5 Å². The predicted molar refractivity (Wildman–Crippen MR) is 56.3 cm³/mol. The number of anilines is 1. The van der Waals surface area contributed by atoms with E-state index in [-0.39, 0.29) is 5.78 Å². The Morgan fingerprint density at radius 3 is 3.06 bits per heavy atom. The van der Waals surface area contributed by atoms with Crippen molar-refractivity contribution in [2.45, 2.75) is 13.0 Å². The summed E-state index contributed by atoms with van der Waals surface area (Å²) in [6, 6.07) is 5.45. The minimum atomic E-state index is -0.431. The summed E-state index contributed by atoms with van der Waals surface area (Å²) < 4.78 is 10.6. The Bertz CT molecular complexity index is 433. The molecule has 2 heterocycles. The van der Waals surface area contributed by atoms with Crippen LogP contribution in [-0.2, 0) is 4.74 Å². The maximum atomic E-state index is 11.1. The lowest BCUT2D eigenvalue weighted by molar-refractivity contribution is 0.0746. The van der Waals surface area contributed by atoms with E-state index in [0.717, 1.165) is 0 Å². The van der Waals surface area contributed by atoms with Crippen molar-refractivity contribution in [3.05, 3.63) is 17.9 Å². The number of ether oxygens (including phenoxy) is 1. The molecule has 1 aliphatic heterocycles. The number of ketones is 1. The first kappa shape index (κ1) is 10.7. The number of rotatable bonds is 2. The molecule has 0 aromatic carbocycles. The molecule has 1 fully saturated rings. The van der Waals surface area contributed by atoms with E-state index < -0.39 is 6.10 Å². The molecule has 1 aromatic rings. The highest BCUT2D eigenvalue weighted by Crippen LogP contribution is 2.21. The lowest BCUT2D eigenvalue weighted by Crippen LogP contribution is -2.41. The van der Waals surface area contributed by atoms with Crippen molar-refractivity contribution in [2.75, 3.05) is 24.6 Å². The molecule has 5 nitrogen and oxygen atoms in total. The van der Waals surface area contributed by atoms with E-state index >= 15 is 0 Å². The zero-order valence-electron chi connectivity index (χ0n) is 8.97. The molecule has 1 aliphatic rings. The molecule has 84 valence electrons. The molecule has 0 saturated carbocycles. The van der Waals surface area contributed by atoms with Crippen LogP contribution in [0.1, 0.15) is 17.5 Å². The zero-order chi connectivity index (χ0) is 11.5. The van der Waals surface area contributed by atoms with E-state index in [2.05, 4.69) is 6.07 Å². The van der Waals surface area contributed by atoms with Gasteiger partial charge in [-0.15, -0.1) is 0 Å². The van der Waals surface area contributed by atoms with E-state index in [1.54, 1.807) is 12.1 Å². The molecule has 5 heteroatoms. The number of nitrogens with zero attached hydrogens (tertiary/aromatic N) is 2. The second-order valence-corrected chi connectivity index (χ2v) is 3.63. The van der Waals surface area contributed by atoms with Gasteiger partial charge in [0.25, 0.3) is 0 Å². The lowest BCUT2D eigenvalue weighted by Gasteiger charge is -2.29. The van der Waals surface area contributed by atoms with Gasteiger partial charge < -0.3 is 14.1 Å². The topological polar surface area (TPSA) is 66.5 Å². The number of carbonyl (C=O) groups excluding carboxylic acids is 1. The quantitative estimate of drug-likeness (QED) is 0.701. The Labute approximate surface area is 93.2 Å². The number of hydrogen-bond acceptors (Lipinski definition) is 5. The standard InChI is InChI=1S/C11H12N2O3/c1-8(14)10-2-3-11(16-10)13-4-5-15-9(6-12)7-13/h2-3,9H,4-5,7H2,1H3. The van der Waals surface area contributed by atoms with Crippen LogP contribution in [-0.4, -0.2) is 31.6 Å². The van der Waals surface area contributed by atoms with Gasteiger partial charge in [-0.05, 0) is 6.07 Å². The van der Waals surface area contributed by atoms with Crippen LogP contribution >= 0.6 is 0 Å². The summed E-state index contributed by atoms with van der Waals surface area (Å²) in [5.74, 6) is 0.861. The molecule has 2 rings (SSSR count). The highest BCUT2D eigenvalue weighted by atomic mass is 16.5. The molecular weight excluding hydrogens is 208 g/mol. The van der Waals surface area contributed by atoms with Gasteiger partial charge in [0.15, 0.2) is 23.5 Å². The monoisotopic (exact) mass is 220 g/mol.